The Kier molecular flexibility index (Phi) is 6.58. The van der Waals surface area contributed by atoms with Gasteiger partial charge in [-0.25, -0.2) is 0 Å². The Morgan fingerprint density at radius 1 is 1.15 bits per heavy atom. The minimum atomic E-state index is -0.662. The summed E-state index contributed by atoms with van der Waals surface area (Å²) < 4.78 is 11.2. The molecule has 2 aromatic carbocycles. The van der Waals surface area contributed by atoms with Gasteiger partial charge in [-0.3, -0.25) is 9.59 Å². The SMILES string of the molecule is CCCCN1C(=O)C(=O)/C(=C(\O)c2ccc3c(c2)N(C)CCO3)C1c1ccc(OCC)cc1. The molecule has 33 heavy (non-hydrogen) atoms. The third kappa shape index (κ3) is 4.27. The number of Topliss-reactive ketones (excluding diaryl/α,β-unsaturated/α-hetero) is 1. The van der Waals surface area contributed by atoms with Gasteiger partial charge in [-0.05, 0) is 49.2 Å². The molecule has 174 valence electrons. The second kappa shape index (κ2) is 9.57. The summed E-state index contributed by atoms with van der Waals surface area (Å²) in [5, 5.41) is 11.3. The molecule has 2 heterocycles. The molecule has 2 aromatic rings. The number of rotatable bonds is 7. The van der Waals surface area contributed by atoms with Crippen molar-refractivity contribution in [2.45, 2.75) is 32.7 Å². The molecular formula is C26H30N2O5. The van der Waals surface area contributed by atoms with E-state index in [1.165, 1.54) is 0 Å². The first-order valence-electron chi connectivity index (χ1n) is 11.5. The van der Waals surface area contributed by atoms with E-state index in [-0.39, 0.29) is 11.3 Å². The number of benzene rings is 2. The minimum absolute atomic E-state index is 0.111. The van der Waals surface area contributed by atoms with Crippen molar-refractivity contribution in [1.29, 1.82) is 0 Å². The van der Waals surface area contributed by atoms with Crippen LogP contribution in [0, 0.1) is 0 Å². The first-order valence-corrected chi connectivity index (χ1v) is 11.5. The summed E-state index contributed by atoms with van der Waals surface area (Å²) in [5.41, 5.74) is 2.19. The van der Waals surface area contributed by atoms with Crippen molar-refractivity contribution >= 4 is 23.1 Å². The van der Waals surface area contributed by atoms with Crippen molar-refractivity contribution in [3.8, 4) is 11.5 Å². The molecule has 7 heteroatoms. The van der Waals surface area contributed by atoms with Crippen LogP contribution in [-0.4, -0.2) is 55.0 Å². The van der Waals surface area contributed by atoms with E-state index in [1.807, 2.05) is 50.1 Å². The lowest BCUT2D eigenvalue weighted by Crippen LogP contribution is -2.30. The molecule has 4 rings (SSSR count). The molecule has 1 saturated heterocycles. The van der Waals surface area contributed by atoms with E-state index in [1.54, 1.807) is 23.1 Å². The van der Waals surface area contributed by atoms with E-state index in [0.29, 0.717) is 31.1 Å². The van der Waals surface area contributed by atoms with Crippen LogP contribution in [0.3, 0.4) is 0 Å². The van der Waals surface area contributed by atoms with Gasteiger partial charge in [0.15, 0.2) is 0 Å². The van der Waals surface area contributed by atoms with Gasteiger partial charge in [-0.1, -0.05) is 25.5 Å². The second-order valence-electron chi connectivity index (χ2n) is 8.30. The van der Waals surface area contributed by atoms with Crippen LogP contribution in [-0.2, 0) is 9.59 Å². The lowest BCUT2D eigenvalue weighted by atomic mass is 9.95. The molecule has 0 aromatic heterocycles. The van der Waals surface area contributed by atoms with Gasteiger partial charge < -0.3 is 24.4 Å². The Morgan fingerprint density at radius 2 is 1.91 bits per heavy atom. The number of hydrogen-bond donors (Lipinski definition) is 1. The van der Waals surface area contributed by atoms with Crippen LogP contribution in [0.25, 0.3) is 5.76 Å². The Morgan fingerprint density at radius 3 is 2.61 bits per heavy atom. The number of ether oxygens (including phenoxy) is 2. The molecule has 1 N–H and O–H groups in total. The fourth-order valence-electron chi connectivity index (χ4n) is 4.35. The van der Waals surface area contributed by atoms with Crippen LogP contribution in [0.4, 0.5) is 5.69 Å². The molecule has 2 aliphatic heterocycles. The van der Waals surface area contributed by atoms with E-state index in [0.717, 1.165) is 36.4 Å². The molecule has 1 fully saturated rings. The number of aliphatic hydroxyl groups excluding tert-OH is 1. The van der Waals surface area contributed by atoms with Crippen molar-refractivity contribution in [2.24, 2.45) is 0 Å². The Labute approximate surface area is 194 Å². The zero-order valence-corrected chi connectivity index (χ0v) is 19.3. The van der Waals surface area contributed by atoms with Gasteiger partial charge in [0.25, 0.3) is 11.7 Å². The Balaban J connectivity index is 1.81. The number of aliphatic hydroxyl groups is 1. The minimum Gasteiger partial charge on any atom is -0.507 e. The maximum atomic E-state index is 13.1. The predicted molar refractivity (Wildman–Crippen MR) is 127 cm³/mol. The van der Waals surface area contributed by atoms with Crippen molar-refractivity contribution in [1.82, 2.24) is 4.90 Å². The van der Waals surface area contributed by atoms with E-state index >= 15 is 0 Å². The van der Waals surface area contributed by atoms with Crippen LogP contribution in [0.15, 0.2) is 48.0 Å². The number of likely N-dealkylation sites (N-methyl/N-ethyl adjacent to an activating group) is 1. The van der Waals surface area contributed by atoms with E-state index < -0.39 is 17.7 Å². The van der Waals surface area contributed by atoms with Gasteiger partial charge >= 0.3 is 0 Å². The topological polar surface area (TPSA) is 79.3 Å². The number of nitrogens with zero attached hydrogens (tertiary/aromatic N) is 2. The molecule has 0 radical (unpaired) electrons. The molecule has 0 bridgehead atoms. The quantitative estimate of drug-likeness (QED) is 0.388. The monoisotopic (exact) mass is 450 g/mol. The fourth-order valence-corrected chi connectivity index (χ4v) is 4.35. The highest BCUT2D eigenvalue weighted by molar-refractivity contribution is 6.46. The molecule has 1 atom stereocenters. The zero-order chi connectivity index (χ0) is 23.5. The van der Waals surface area contributed by atoms with E-state index in [4.69, 9.17) is 9.47 Å². The lowest BCUT2D eigenvalue weighted by Gasteiger charge is -2.28. The number of carbonyl (C=O) groups is 2. The molecule has 0 saturated carbocycles. The summed E-state index contributed by atoms with van der Waals surface area (Å²) in [6.07, 6.45) is 1.65. The van der Waals surface area contributed by atoms with Crippen LogP contribution < -0.4 is 14.4 Å². The van der Waals surface area contributed by atoms with Crippen molar-refractivity contribution in [3.63, 3.8) is 0 Å². The molecule has 1 unspecified atom stereocenters. The predicted octanol–water partition coefficient (Wildman–Crippen LogP) is 4.14. The Bertz CT molecular complexity index is 1080. The number of carbonyl (C=O) groups excluding carboxylic acids is 2. The van der Waals surface area contributed by atoms with Crippen molar-refractivity contribution in [2.75, 3.05) is 38.3 Å². The smallest absolute Gasteiger partial charge is 0.295 e. The highest BCUT2D eigenvalue weighted by atomic mass is 16.5. The summed E-state index contributed by atoms with van der Waals surface area (Å²) in [7, 11) is 1.95. The summed E-state index contributed by atoms with van der Waals surface area (Å²) >= 11 is 0. The largest absolute Gasteiger partial charge is 0.507 e. The number of ketones is 1. The van der Waals surface area contributed by atoms with Gasteiger partial charge in [-0.15, -0.1) is 0 Å². The average molecular weight is 451 g/mol. The van der Waals surface area contributed by atoms with Crippen LogP contribution in [0.2, 0.25) is 0 Å². The summed E-state index contributed by atoms with van der Waals surface area (Å²) in [6.45, 7) is 6.25. The number of hydrogen-bond acceptors (Lipinski definition) is 6. The summed E-state index contributed by atoms with van der Waals surface area (Å²) in [4.78, 5) is 29.7. The second-order valence-corrected chi connectivity index (χ2v) is 8.30. The van der Waals surface area contributed by atoms with Gasteiger partial charge in [0, 0.05) is 19.2 Å². The summed E-state index contributed by atoms with van der Waals surface area (Å²) in [5.74, 6) is 0.0244. The maximum absolute atomic E-state index is 13.1. The third-order valence-electron chi connectivity index (χ3n) is 6.13. The molecule has 0 spiro atoms. The highest BCUT2D eigenvalue weighted by Gasteiger charge is 2.45. The van der Waals surface area contributed by atoms with Gasteiger partial charge in [0.2, 0.25) is 0 Å². The van der Waals surface area contributed by atoms with Crippen molar-refractivity contribution in [3.05, 3.63) is 59.2 Å². The molecule has 7 nitrogen and oxygen atoms in total. The van der Waals surface area contributed by atoms with Crippen LogP contribution >= 0.6 is 0 Å². The number of amides is 1. The van der Waals surface area contributed by atoms with Crippen molar-refractivity contribution < 1.29 is 24.2 Å². The van der Waals surface area contributed by atoms with Gasteiger partial charge in [-0.2, -0.15) is 0 Å². The zero-order valence-electron chi connectivity index (χ0n) is 19.3. The first-order chi connectivity index (χ1) is 16.0. The molecule has 0 aliphatic carbocycles. The molecule has 2 aliphatic rings. The molecule has 1 amide bonds. The lowest BCUT2D eigenvalue weighted by molar-refractivity contribution is -0.139. The number of likely N-dealkylation sites (tertiary alicyclic amines) is 1. The van der Waals surface area contributed by atoms with Crippen LogP contribution in [0.5, 0.6) is 11.5 Å². The van der Waals surface area contributed by atoms with E-state index in [9.17, 15) is 14.7 Å². The normalized spacial score (nSPS) is 19.4. The Hall–Kier alpha value is -3.48. The third-order valence-corrected chi connectivity index (χ3v) is 6.13. The van der Waals surface area contributed by atoms with E-state index in [2.05, 4.69) is 0 Å². The number of anilines is 1. The molecular weight excluding hydrogens is 420 g/mol. The average Bonchev–Trinajstić information content (AvgIpc) is 3.08. The van der Waals surface area contributed by atoms with Crippen LogP contribution in [0.1, 0.15) is 43.9 Å². The first kappa shape index (κ1) is 22.7. The maximum Gasteiger partial charge on any atom is 0.295 e. The van der Waals surface area contributed by atoms with Gasteiger partial charge in [0.05, 0.1) is 30.5 Å². The van der Waals surface area contributed by atoms with Gasteiger partial charge in [0.1, 0.15) is 23.9 Å². The highest BCUT2D eigenvalue weighted by Crippen LogP contribution is 2.41. The fraction of sp³-hybridized carbons (Fsp3) is 0.385. The number of unbranched alkanes of at least 4 members (excludes halogenated alkanes) is 1. The standard InChI is InChI=1S/C26H30N2O5/c1-4-6-13-28-23(17-7-10-19(11-8-17)32-5-2)22(25(30)26(28)31)24(29)18-9-12-21-20(16-18)27(3)14-15-33-21/h7-12,16,23,29H,4-6,13-15H2,1-3H3/b24-22-. The summed E-state index contributed by atoms with van der Waals surface area (Å²) in [6, 6.07) is 12.0. The number of fused-ring (bicyclic) bond motifs is 1.